The van der Waals surface area contributed by atoms with Gasteiger partial charge in [0.1, 0.15) is 10.8 Å². The summed E-state index contributed by atoms with van der Waals surface area (Å²) in [6, 6.07) is 7.32. The molecular weight excluding hydrogens is 310 g/mol. The minimum Gasteiger partial charge on any atom is -0.489 e. The van der Waals surface area contributed by atoms with E-state index in [1.54, 1.807) is 12.3 Å². The molecule has 0 atom stereocenters. The van der Waals surface area contributed by atoms with Crippen molar-refractivity contribution in [2.45, 2.75) is 20.0 Å². The summed E-state index contributed by atoms with van der Waals surface area (Å²) in [6.45, 7) is 3.91. The molecule has 0 N–H and O–H groups in total. The fourth-order valence-electron chi connectivity index (χ4n) is 1.75. The summed E-state index contributed by atoms with van der Waals surface area (Å²) in [6.07, 6.45) is 1.65. The lowest BCUT2D eigenvalue weighted by atomic mass is 10.2. The van der Waals surface area contributed by atoms with Crippen molar-refractivity contribution in [3.63, 3.8) is 0 Å². The van der Waals surface area contributed by atoms with Crippen LogP contribution in [0.2, 0.25) is 5.02 Å². The number of rotatable bonds is 4. The van der Waals surface area contributed by atoms with Crippen molar-refractivity contribution in [2.75, 3.05) is 0 Å². The van der Waals surface area contributed by atoms with Gasteiger partial charge in [-0.2, -0.15) is 0 Å². The lowest BCUT2D eigenvalue weighted by Crippen LogP contribution is -2.05. The van der Waals surface area contributed by atoms with E-state index in [1.165, 1.54) is 11.3 Å². The van der Waals surface area contributed by atoms with Crippen LogP contribution in [0.3, 0.4) is 0 Å². The van der Waals surface area contributed by atoms with Gasteiger partial charge in [-0.15, -0.1) is 10.2 Å². The molecule has 0 saturated carbocycles. The van der Waals surface area contributed by atoms with Crippen LogP contribution in [0.4, 0.5) is 0 Å². The molecular formula is C14H12ClN3O2S. The fraction of sp³-hybridized carbons (Fsp3) is 0.214. The minimum absolute atomic E-state index is 0.0768. The van der Waals surface area contributed by atoms with E-state index in [4.69, 9.17) is 20.9 Å². The van der Waals surface area contributed by atoms with Gasteiger partial charge in [0.05, 0.1) is 17.3 Å². The first kappa shape index (κ1) is 14.0. The van der Waals surface area contributed by atoms with Crippen molar-refractivity contribution in [1.29, 1.82) is 0 Å². The molecule has 0 bridgehead atoms. The Labute approximate surface area is 130 Å². The number of benzene rings is 1. The van der Waals surface area contributed by atoms with E-state index in [9.17, 15) is 0 Å². The number of nitrogens with zero attached hydrogens (tertiary/aromatic N) is 3. The molecule has 21 heavy (non-hydrogen) atoms. The number of halogens is 1. The average molecular weight is 322 g/mol. The van der Waals surface area contributed by atoms with Gasteiger partial charge in [0.25, 0.3) is 0 Å². The number of ether oxygens (including phenoxy) is 1. The maximum absolute atomic E-state index is 6.23. The van der Waals surface area contributed by atoms with E-state index in [-0.39, 0.29) is 6.10 Å². The van der Waals surface area contributed by atoms with Crippen molar-refractivity contribution in [3.05, 3.63) is 35.5 Å². The second-order valence-electron chi connectivity index (χ2n) is 4.60. The third-order valence-corrected chi connectivity index (χ3v) is 3.90. The summed E-state index contributed by atoms with van der Waals surface area (Å²) in [5, 5.41) is 13.9. The smallest absolute Gasteiger partial charge is 0.197 e. The molecule has 0 aliphatic heterocycles. The Balaban J connectivity index is 1.89. The van der Waals surface area contributed by atoms with Gasteiger partial charge in [0, 0.05) is 11.6 Å². The van der Waals surface area contributed by atoms with Gasteiger partial charge in [-0.1, -0.05) is 28.1 Å². The highest BCUT2D eigenvalue weighted by Gasteiger charge is 2.13. The van der Waals surface area contributed by atoms with Crippen LogP contribution in [-0.4, -0.2) is 21.5 Å². The largest absolute Gasteiger partial charge is 0.489 e. The zero-order valence-corrected chi connectivity index (χ0v) is 13.0. The number of hydrogen-bond donors (Lipinski definition) is 0. The summed E-state index contributed by atoms with van der Waals surface area (Å²) in [5.74, 6) is 1.26. The maximum atomic E-state index is 6.23. The van der Waals surface area contributed by atoms with Crippen LogP contribution in [0.25, 0.3) is 21.3 Å². The summed E-state index contributed by atoms with van der Waals surface area (Å²) < 4.78 is 10.7. The van der Waals surface area contributed by atoms with Crippen molar-refractivity contribution >= 4 is 22.9 Å². The molecule has 2 aromatic heterocycles. The second-order valence-corrected chi connectivity index (χ2v) is 5.99. The van der Waals surface area contributed by atoms with Gasteiger partial charge in [-0.05, 0) is 32.0 Å². The van der Waals surface area contributed by atoms with E-state index < -0.39 is 0 Å². The third kappa shape index (κ3) is 3.06. The monoisotopic (exact) mass is 321 g/mol. The van der Waals surface area contributed by atoms with Gasteiger partial charge in [0.15, 0.2) is 10.8 Å². The molecule has 108 valence electrons. The summed E-state index contributed by atoms with van der Waals surface area (Å²) in [7, 11) is 0. The molecule has 3 aromatic rings. The van der Waals surface area contributed by atoms with E-state index in [0.717, 1.165) is 10.6 Å². The molecule has 3 rings (SSSR count). The lowest BCUT2D eigenvalue weighted by Gasteiger charge is -2.11. The van der Waals surface area contributed by atoms with Gasteiger partial charge in [0.2, 0.25) is 0 Å². The molecule has 0 aliphatic carbocycles. The molecule has 0 amide bonds. The van der Waals surface area contributed by atoms with Crippen molar-refractivity contribution in [3.8, 4) is 27.1 Å². The maximum Gasteiger partial charge on any atom is 0.197 e. The highest BCUT2D eigenvalue weighted by Crippen LogP contribution is 2.34. The molecule has 0 aliphatic rings. The first-order valence-electron chi connectivity index (χ1n) is 6.34. The predicted octanol–water partition coefficient (Wildman–Crippen LogP) is 4.30. The Morgan fingerprint density at radius 3 is 2.67 bits per heavy atom. The Bertz CT molecular complexity index is 741. The molecule has 0 unspecified atom stereocenters. The van der Waals surface area contributed by atoms with E-state index in [0.29, 0.717) is 21.5 Å². The molecule has 5 nitrogen and oxygen atoms in total. The molecule has 7 heteroatoms. The zero-order valence-electron chi connectivity index (χ0n) is 11.4. The molecule has 0 spiro atoms. The Morgan fingerprint density at radius 1 is 1.19 bits per heavy atom. The predicted molar refractivity (Wildman–Crippen MR) is 81.6 cm³/mol. The highest BCUT2D eigenvalue weighted by molar-refractivity contribution is 7.17. The average Bonchev–Trinajstić information content (AvgIpc) is 3.10. The molecule has 0 saturated heterocycles. The molecule has 1 aromatic carbocycles. The summed E-state index contributed by atoms with van der Waals surface area (Å²) >= 11 is 7.65. The van der Waals surface area contributed by atoms with Crippen molar-refractivity contribution in [2.24, 2.45) is 0 Å². The van der Waals surface area contributed by atoms with Crippen LogP contribution >= 0.6 is 22.9 Å². The van der Waals surface area contributed by atoms with Gasteiger partial charge in [-0.3, -0.25) is 0 Å². The van der Waals surface area contributed by atoms with Crippen molar-refractivity contribution in [1.82, 2.24) is 15.4 Å². The Hall–Kier alpha value is -1.92. The highest BCUT2D eigenvalue weighted by atomic mass is 35.5. The van der Waals surface area contributed by atoms with Gasteiger partial charge >= 0.3 is 0 Å². The molecule has 0 radical (unpaired) electrons. The quantitative estimate of drug-likeness (QED) is 0.717. The van der Waals surface area contributed by atoms with Crippen LogP contribution in [0.5, 0.6) is 5.75 Å². The first-order chi connectivity index (χ1) is 10.1. The molecule has 2 heterocycles. The fourth-order valence-corrected chi connectivity index (χ4v) is 2.77. The molecule has 0 fully saturated rings. The van der Waals surface area contributed by atoms with Crippen LogP contribution in [0.1, 0.15) is 13.8 Å². The second kappa shape index (κ2) is 5.83. The SMILES string of the molecule is CC(C)Oc1ccc(-c2nnc(-c3ccno3)s2)cc1Cl. The number of hydrogen-bond acceptors (Lipinski definition) is 6. The lowest BCUT2D eigenvalue weighted by molar-refractivity contribution is 0.242. The Kier molecular flexibility index (Phi) is 3.90. The van der Waals surface area contributed by atoms with Gasteiger partial charge < -0.3 is 9.26 Å². The summed E-state index contributed by atoms with van der Waals surface area (Å²) in [4.78, 5) is 0. The van der Waals surface area contributed by atoms with Crippen molar-refractivity contribution < 1.29 is 9.26 Å². The van der Waals surface area contributed by atoms with Crippen LogP contribution in [0.15, 0.2) is 35.0 Å². The normalized spacial score (nSPS) is 11.0. The summed E-state index contributed by atoms with van der Waals surface area (Å²) in [5.41, 5.74) is 0.888. The standard InChI is InChI=1S/C14H12ClN3O2S/c1-8(2)19-11-4-3-9(7-10(11)15)13-17-18-14(21-13)12-5-6-16-20-12/h3-8H,1-2H3. The van der Waals surface area contributed by atoms with E-state index in [2.05, 4.69) is 15.4 Å². The van der Waals surface area contributed by atoms with Gasteiger partial charge in [-0.25, -0.2) is 0 Å². The van der Waals surface area contributed by atoms with E-state index >= 15 is 0 Å². The van der Waals surface area contributed by atoms with Crippen LogP contribution in [-0.2, 0) is 0 Å². The zero-order chi connectivity index (χ0) is 14.8. The van der Waals surface area contributed by atoms with Crippen LogP contribution < -0.4 is 4.74 Å². The number of aromatic nitrogens is 3. The van der Waals surface area contributed by atoms with E-state index in [1.807, 2.05) is 32.0 Å². The first-order valence-corrected chi connectivity index (χ1v) is 7.54. The Morgan fingerprint density at radius 2 is 2.00 bits per heavy atom. The topological polar surface area (TPSA) is 61.0 Å². The third-order valence-electron chi connectivity index (χ3n) is 2.62. The van der Waals surface area contributed by atoms with Crippen LogP contribution in [0, 0.1) is 0 Å². The minimum atomic E-state index is 0.0768.